The Kier molecular flexibility index (Phi) is 4.61. The SMILES string of the molecule is O=c1[nH]c2cc3nc(-c4c(NC[C@@H](O)c5cccc(Cl)c5)cc[nH]c4=O)[nH]c3cc2[nH]1. The summed E-state index contributed by atoms with van der Waals surface area (Å²) in [5.41, 5.74) is 3.40. The van der Waals surface area contributed by atoms with Gasteiger partial charge in [0, 0.05) is 17.8 Å². The third kappa shape index (κ3) is 3.60. The molecule has 0 aliphatic heterocycles. The minimum atomic E-state index is -0.820. The van der Waals surface area contributed by atoms with E-state index in [-0.39, 0.29) is 17.8 Å². The molecule has 3 heterocycles. The van der Waals surface area contributed by atoms with Crippen LogP contribution in [0, 0.1) is 0 Å². The van der Waals surface area contributed by atoms with Gasteiger partial charge in [-0.05, 0) is 35.9 Å². The summed E-state index contributed by atoms with van der Waals surface area (Å²) < 4.78 is 0. The molecule has 0 amide bonds. The van der Waals surface area contributed by atoms with E-state index in [4.69, 9.17) is 11.6 Å². The molecular weight excluding hydrogens is 420 g/mol. The normalized spacial score (nSPS) is 12.5. The molecule has 2 aromatic carbocycles. The van der Waals surface area contributed by atoms with E-state index in [1.165, 1.54) is 6.20 Å². The van der Waals surface area contributed by atoms with Crippen molar-refractivity contribution < 1.29 is 5.11 Å². The Morgan fingerprint density at radius 3 is 2.65 bits per heavy atom. The molecular formula is C21H17ClN6O3. The Hall–Kier alpha value is -3.82. The number of aliphatic hydroxyl groups excluding tert-OH is 1. The first-order valence-electron chi connectivity index (χ1n) is 9.49. The Labute approximate surface area is 179 Å². The van der Waals surface area contributed by atoms with Crippen LogP contribution in [-0.4, -0.2) is 36.6 Å². The zero-order chi connectivity index (χ0) is 21.5. The lowest BCUT2D eigenvalue weighted by molar-refractivity contribution is 0.191. The molecule has 10 heteroatoms. The first-order valence-corrected chi connectivity index (χ1v) is 9.87. The number of aromatic nitrogens is 5. The second kappa shape index (κ2) is 7.46. The average Bonchev–Trinajstić information content (AvgIpc) is 3.30. The number of fused-ring (bicyclic) bond motifs is 2. The van der Waals surface area contributed by atoms with Crippen molar-refractivity contribution in [2.24, 2.45) is 0 Å². The summed E-state index contributed by atoms with van der Waals surface area (Å²) in [5.74, 6) is 0.367. The second-order valence-electron chi connectivity index (χ2n) is 7.13. The number of pyridine rings is 1. The van der Waals surface area contributed by atoms with Gasteiger partial charge in [0.15, 0.2) is 0 Å². The Morgan fingerprint density at radius 2 is 1.84 bits per heavy atom. The summed E-state index contributed by atoms with van der Waals surface area (Å²) in [6.45, 7) is 0.168. The highest BCUT2D eigenvalue weighted by atomic mass is 35.5. The molecule has 0 saturated heterocycles. The summed E-state index contributed by atoms with van der Waals surface area (Å²) in [4.78, 5) is 39.8. The summed E-state index contributed by atoms with van der Waals surface area (Å²) >= 11 is 6.00. The Bertz CT molecular complexity index is 1480. The van der Waals surface area contributed by atoms with Gasteiger partial charge in [0.2, 0.25) is 0 Å². The lowest BCUT2D eigenvalue weighted by Gasteiger charge is -2.15. The van der Waals surface area contributed by atoms with Crippen molar-refractivity contribution in [1.82, 2.24) is 24.9 Å². The maximum absolute atomic E-state index is 12.6. The number of imidazole rings is 2. The van der Waals surface area contributed by atoms with E-state index in [0.717, 1.165) is 0 Å². The van der Waals surface area contributed by atoms with Gasteiger partial charge in [-0.25, -0.2) is 9.78 Å². The van der Waals surface area contributed by atoms with Gasteiger partial charge in [0.25, 0.3) is 5.56 Å². The van der Waals surface area contributed by atoms with Gasteiger partial charge in [-0.15, -0.1) is 0 Å². The van der Waals surface area contributed by atoms with Crippen molar-refractivity contribution in [1.29, 1.82) is 0 Å². The molecule has 156 valence electrons. The zero-order valence-corrected chi connectivity index (χ0v) is 16.7. The third-order valence-electron chi connectivity index (χ3n) is 5.03. The van der Waals surface area contributed by atoms with Crippen LogP contribution in [0.2, 0.25) is 5.02 Å². The van der Waals surface area contributed by atoms with Crippen LogP contribution in [0.1, 0.15) is 11.7 Å². The lowest BCUT2D eigenvalue weighted by Crippen LogP contribution is -2.17. The molecule has 0 unspecified atom stereocenters. The molecule has 1 atom stereocenters. The fraction of sp³-hybridized carbons (Fsp3) is 0.0952. The van der Waals surface area contributed by atoms with Gasteiger partial charge in [0.1, 0.15) is 11.4 Å². The number of hydrogen-bond donors (Lipinski definition) is 6. The van der Waals surface area contributed by atoms with Crippen LogP contribution in [0.4, 0.5) is 5.69 Å². The predicted octanol–water partition coefficient (Wildman–Crippen LogP) is 2.89. The number of H-pyrrole nitrogens is 4. The van der Waals surface area contributed by atoms with Crippen molar-refractivity contribution in [3.05, 3.63) is 80.1 Å². The highest BCUT2D eigenvalue weighted by Crippen LogP contribution is 2.26. The largest absolute Gasteiger partial charge is 0.387 e. The van der Waals surface area contributed by atoms with Gasteiger partial charge in [-0.3, -0.25) is 4.79 Å². The molecule has 5 aromatic rings. The van der Waals surface area contributed by atoms with Gasteiger partial charge in [-0.1, -0.05) is 23.7 Å². The predicted molar refractivity (Wildman–Crippen MR) is 120 cm³/mol. The van der Waals surface area contributed by atoms with Crippen LogP contribution < -0.4 is 16.6 Å². The number of rotatable bonds is 5. The second-order valence-corrected chi connectivity index (χ2v) is 7.56. The van der Waals surface area contributed by atoms with Crippen molar-refractivity contribution in [3.63, 3.8) is 0 Å². The smallest absolute Gasteiger partial charge is 0.323 e. The van der Waals surface area contributed by atoms with Crippen molar-refractivity contribution >= 4 is 39.4 Å². The Morgan fingerprint density at radius 1 is 1.03 bits per heavy atom. The third-order valence-corrected chi connectivity index (χ3v) is 5.27. The van der Waals surface area contributed by atoms with Crippen LogP contribution >= 0.6 is 11.6 Å². The summed E-state index contributed by atoms with van der Waals surface area (Å²) in [6.07, 6.45) is 0.704. The molecule has 9 nitrogen and oxygen atoms in total. The zero-order valence-electron chi connectivity index (χ0n) is 16.0. The summed E-state index contributed by atoms with van der Waals surface area (Å²) in [6, 6.07) is 12.2. The van der Waals surface area contributed by atoms with Crippen LogP contribution in [0.15, 0.2) is 58.3 Å². The molecule has 0 spiro atoms. The fourth-order valence-corrected chi connectivity index (χ4v) is 3.76. The monoisotopic (exact) mass is 436 g/mol. The molecule has 0 aliphatic rings. The first kappa shape index (κ1) is 19.2. The Balaban J connectivity index is 1.49. The molecule has 3 aromatic heterocycles. The maximum Gasteiger partial charge on any atom is 0.323 e. The van der Waals surface area contributed by atoms with Crippen molar-refractivity contribution in [3.8, 4) is 11.4 Å². The van der Waals surface area contributed by atoms with E-state index < -0.39 is 6.10 Å². The number of benzene rings is 2. The van der Waals surface area contributed by atoms with E-state index in [1.54, 1.807) is 42.5 Å². The summed E-state index contributed by atoms with van der Waals surface area (Å²) in [5, 5.41) is 14.2. The molecule has 5 rings (SSSR count). The number of nitrogens with one attached hydrogen (secondary N) is 5. The maximum atomic E-state index is 12.6. The van der Waals surface area contributed by atoms with Crippen molar-refractivity contribution in [2.45, 2.75) is 6.10 Å². The number of hydrogen-bond acceptors (Lipinski definition) is 5. The number of nitrogens with zero attached hydrogens (tertiary/aromatic N) is 1. The highest BCUT2D eigenvalue weighted by Gasteiger charge is 2.16. The molecule has 6 N–H and O–H groups in total. The van der Waals surface area contributed by atoms with Gasteiger partial charge in [0.05, 0.1) is 33.9 Å². The van der Waals surface area contributed by atoms with E-state index in [1.807, 2.05) is 0 Å². The highest BCUT2D eigenvalue weighted by molar-refractivity contribution is 6.30. The molecule has 0 saturated carbocycles. The van der Waals surface area contributed by atoms with E-state index in [9.17, 15) is 14.7 Å². The fourth-order valence-electron chi connectivity index (χ4n) is 3.56. The van der Waals surface area contributed by atoms with Gasteiger partial charge < -0.3 is 30.4 Å². The minimum absolute atomic E-state index is 0.168. The lowest BCUT2D eigenvalue weighted by atomic mass is 10.1. The van der Waals surface area contributed by atoms with E-state index in [0.29, 0.717) is 49.7 Å². The van der Waals surface area contributed by atoms with Crippen LogP contribution in [0.3, 0.4) is 0 Å². The number of aromatic amines is 4. The number of halogens is 1. The summed E-state index contributed by atoms with van der Waals surface area (Å²) in [7, 11) is 0. The molecule has 0 bridgehead atoms. The van der Waals surface area contributed by atoms with Crippen LogP contribution in [0.5, 0.6) is 0 Å². The molecule has 0 aliphatic carbocycles. The number of anilines is 1. The number of aliphatic hydroxyl groups is 1. The van der Waals surface area contributed by atoms with Gasteiger partial charge in [-0.2, -0.15) is 0 Å². The molecule has 31 heavy (non-hydrogen) atoms. The van der Waals surface area contributed by atoms with E-state index >= 15 is 0 Å². The topological polar surface area (TPSA) is 142 Å². The van der Waals surface area contributed by atoms with Crippen LogP contribution in [-0.2, 0) is 0 Å². The quantitative estimate of drug-likeness (QED) is 0.251. The minimum Gasteiger partial charge on any atom is -0.387 e. The van der Waals surface area contributed by atoms with Crippen LogP contribution in [0.25, 0.3) is 33.5 Å². The average molecular weight is 437 g/mol. The standard InChI is InChI=1S/C21H17ClN6O3/c22-11-3-1-2-10(6-11)17(29)9-24-12-4-5-23-20(30)18(12)19-25-13-7-15-16(8-14(13)26-19)28-21(31)27-15/h1-8,17,29H,9H2,(H,25,26)(H2,23,24,30)(H2,27,28,31)/t17-/m1/s1. The van der Waals surface area contributed by atoms with E-state index in [2.05, 4.69) is 30.2 Å². The van der Waals surface area contributed by atoms with Crippen molar-refractivity contribution in [2.75, 3.05) is 11.9 Å². The first-order chi connectivity index (χ1) is 15.0. The van der Waals surface area contributed by atoms with Gasteiger partial charge >= 0.3 is 5.69 Å². The molecule has 0 fully saturated rings. The molecule has 0 radical (unpaired) electrons.